The van der Waals surface area contributed by atoms with Gasteiger partial charge in [0.2, 0.25) is 0 Å². The summed E-state index contributed by atoms with van der Waals surface area (Å²) in [6, 6.07) is 18.7. The Hall–Kier alpha value is -1.35. The maximum atomic E-state index is 11.7. The van der Waals surface area contributed by atoms with Gasteiger partial charge in [-0.25, -0.2) is 0 Å². The monoisotopic (exact) mass is 357 g/mol. The Balaban J connectivity index is 1.95. The van der Waals surface area contributed by atoms with Gasteiger partial charge in [0.15, 0.2) is 0 Å². The van der Waals surface area contributed by atoms with E-state index < -0.39 is 5.60 Å². The molecule has 0 aliphatic heterocycles. The molecule has 134 valence electrons. The molecule has 0 amide bonds. The van der Waals surface area contributed by atoms with Crippen molar-refractivity contribution in [2.75, 3.05) is 14.1 Å². The molecule has 1 fully saturated rings. The molecule has 3 atom stereocenters. The van der Waals surface area contributed by atoms with Crippen LogP contribution in [-0.4, -0.2) is 29.7 Å². The van der Waals surface area contributed by atoms with Crippen molar-refractivity contribution in [2.45, 2.75) is 43.7 Å². The second-order valence-electron chi connectivity index (χ2n) is 7.54. The quantitative estimate of drug-likeness (QED) is 0.804. The molecule has 0 saturated heterocycles. The van der Waals surface area contributed by atoms with Crippen LogP contribution in [0.4, 0.5) is 0 Å². The van der Waals surface area contributed by atoms with E-state index in [4.69, 9.17) is 11.6 Å². The van der Waals surface area contributed by atoms with Gasteiger partial charge < -0.3 is 10.0 Å². The Bertz CT molecular complexity index is 687. The van der Waals surface area contributed by atoms with Crippen LogP contribution in [0.3, 0.4) is 0 Å². The fourth-order valence-corrected chi connectivity index (χ4v) is 4.64. The highest BCUT2D eigenvalue weighted by Crippen LogP contribution is 2.45. The summed E-state index contributed by atoms with van der Waals surface area (Å²) in [5.74, 6) is 0.190. The van der Waals surface area contributed by atoms with Crippen LogP contribution >= 0.6 is 11.6 Å². The summed E-state index contributed by atoms with van der Waals surface area (Å²) >= 11 is 6.39. The van der Waals surface area contributed by atoms with E-state index in [1.165, 1.54) is 12.0 Å². The van der Waals surface area contributed by atoms with Crippen molar-refractivity contribution in [1.29, 1.82) is 0 Å². The number of benzene rings is 2. The molecule has 2 nitrogen and oxygen atoms in total. The third-order valence-electron chi connectivity index (χ3n) is 5.60. The van der Waals surface area contributed by atoms with Gasteiger partial charge in [-0.15, -0.1) is 0 Å². The van der Waals surface area contributed by atoms with Gasteiger partial charge >= 0.3 is 0 Å². The SMILES string of the molecule is CN(C)C(c1ccccc1)C1CCCCC1(O)Cc1ccccc1Cl. The topological polar surface area (TPSA) is 23.5 Å². The highest BCUT2D eigenvalue weighted by molar-refractivity contribution is 6.31. The minimum Gasteiger partial charge on any atom is -0.389 e. The van der Waals surface area contributed by atoms with E-state index in [0.717, 1.165) is 29.8 Å². The van der Waals surface area contributed by atoms with Gasteiger partial charge in [0, 0.05) is 23.4 Å². The van der Waals surface area contributed by atoms with E-state index in [9.17, 15) is 5.11 Å². The predicted molar refractivity (Wildman–Crippen MR) is 105 cm³/mol. The van der Waals surface area contributed by atoms with Crippen LogP contribution in [0.15, 0.2) is 54.6 Å². The highest BCUT2D eigenvalue weighted by atomic mass is 35.5. The molecular formula is C22H28ClNO. The lowest BCUT2D eigenvalue weighted by molar-refractivity contribution is -0.0770. The summed E-state index contributed by atoms with van der Waals surface area (Å²) in [6.07, 6.45) is 4.74. The van der Waals surface area contributed by atoms with E-state index in [1.807, 2.05) is 30.3 Å². The number of hydrogen-bond donors (Lipinski definition) is 1. The third-order valence-corrected chi connectivity index (χ3v) is 5.97. The molecule has 3 unspecified atom stereocenters. The van der Waals surface area contributed by atoms with Crippen molar-refractivity contribution in [1.82, 2.24) is 4.90 Å². The van der Waals surface area contributed by atoms with Crippen LogP contribution in [0.1, 0.15) is 42.9 Å². The first-order valence-electron chi connectivity index (χ1n) is 9.18. The van der Waals surface area contributed by atoms with Crippen molar-refractivity contribution in [3.63, 3.8) is 0 Å². The molecule has 1 aliphatic carbocycles. The normalized spacial score (nSPS) is 25.1. The number of hydrogen-bond acceptors (Lipinski definition) is 2. The minimum atomic E-state index is -0.728. The lowest BCUT2D eigenvalue weighted by Crippen LogP contribution is -2.48. The summed E-state index contributed by atoms with van der Waals surface area (Å²) in [5, 5.41) is 12.5. The summed E-state index contributed by atoms with van der Waals surface area (Å²) in [7, 11) is 4.23. The zero-order valence-corrected chi connectivity index (χ0v) is 15.9. The average molecular weight is 358 g/mol. The maximum Gasteiger partial charge on any atom is 0.0734 e. The molecule has 3 rings (SSSR count). The number of rotatable bonds is 5. The Morgan fingerprint density at radius 1 is 1.08 bits per heavy atom. The van der Waals surface area contributed by atoms with Gasteiger partial charge in [-0.2, -0.15) is 0 Å². The lowest BCUT2D eigenvalue weighted by Gasteiger charge is -2.46. The van der Waals surface area contributed by atoms with E-state index in [0.29, 0.717) is 6.42 Å². The number of nitrogens with zero attached hydrogens (tertiary/aromatic N) is 1. The Morgan fingerprint density at radius 2 is 1.76 bits per heavy atom. The molecule has 1 saturated carbocycles. The molecule has 0 heterocycles. The predicted octanol–water partition coefficient (Wildman–Crippen LogP) is 5.11. The van der Waals surface area contributed by atoms with Crippen LogP contribution in [0.2, 0.25) is 5.02 Å². The van der Waals surface area contributed by atoms with E-state index in [1.54, 1.807) is 0 Å². The lowest BCUT2D eigenvalue weighted by atomic mass is 9.67. The fourth-order valence-electron chi connectivity index (χ4n) is 4.43. The average Bonchev–Trinajstić information content (AvgIpc) is 2.60. The van der Waals surface area contributed by atoms with E-state index >= 15 is 0 Å². The third kappa shape index (κ3) is 4.08. The molecule has 2 aromatic rings. The largest absolute Gasteiger partial charge is 0.389 e. The number of aliphatic hydroxyl groups is 1. The molecule has 0 bridgehead atoms. The van der Waals surface area contributed by atoms with Crippen LogP contribution in [0, 0.1) is 5.92 Å². The molecule has 2 aromatic carbocycles. The summed E-state index contributed by atoms with van der Waals surface area (Å²) in [5.41, 5.74) is 1.59. The van der Waals surface area contributed by atoms with Gasteiger partial charge in [0.05, 0.1) is 5.60 Å². The molecule has 0 radical (unpaired) electrons. The zero-order valence-electron chi connectivity index (χ0n) is 15.2. The van der Waals surface area contributed by atoms with Crippen molar-refractivity contribution >= 4 is 11.6 Å². The van der Waals surface area contributed by atoms with Gasteiger partial charge in [-0.3, -0.25) is 0 Å². The molecule has 1 N–H and O–H groups in total. The maximum absolute atomic E-state index is 11.7. The Morgan fingerprint density at radius 3 is 2.44 bits per heavy atom. The van der Waals surface area contributed by atoms with Crippen molar-refractivity contribution < 1.29 is 5.11 Å². The van der Waals surface area contributed by atoms with E-state index in [2.05, 4.69) is 43.3 Å². The first kappa shape index (κ1) is 18.4. The second kappa shape index (κ2) is 7.90. The summed E-state index contributed by atoms with van der Waals surface area (Å²) < 4.78 is 0. The molecule has 0 aromatic heterocycles. The molecule has 25 heavy (non-hydrogen) atoms. The first-order valence-corrected chi connectivity index (χ1v) is 9.56. The summed E-state index contributed by atoms with van der Waals surface area (Å²) in [4.78, 5) is 2.25. The van der Waals surface area contributed by atoms with Crippen LogP contribution in [0.5, 0.6) is 0 Å². The standard InChI is InChI=1S/C22H28ClNO/c1-24(2)21(17-10-4-3-5-11-17)19-13-8-9-15-22(19,25)16-18-12-6-7-14-20(18)23/h3-7,10-12,14,19,21,25H,8-9,13,15-16H2,1-2H3. The van der Waals surface area contributed by atoms with Crippen LogP contribution in [-0.2, 0) is 6.42 Å². The second-order valence-corrected chi connectivity index (χ2v) is 7.95. The van der Waals surface area contributed by atoms with Crippen molar-refractivity contribution in [2.24, 2.45) is 5.92 Å². The number of halogens is 1. The Kier molecular flexibility index (Phi) is 5.83. The van der Waals surface area contributed by atoms with Gasteiger partial charge in [-0.05, 0) is 44.1 Å². The van der Waals surface area contributed by atoms with Gasteiger partial charge in [0.25, 0.3) is 0 Å². The summed E-state index contributed by atoms with van der Waals surface area (Å²) in [6.45, 7) is 0. The molecule has 3 heteroatoms. The smallest absolute Gasteiger partial charge is 0.0734 e. The first-order chi connectivity index (χ1) is 12.0. The fraction of sp³-hybridized carbons (Fsp3) is 0.455. The molecule has 1 aliphatic rings. The van der Waals surface area contributed by atoms with Crippen molar-refractivity contribution in [3.05, 3.63) is 70.7 Å². The highest BCUT2D eigenvalue weighted by Gasteiger charge is 2.44. The minimum absolute atomic E-state index is 0.190. The molecular weight excluding hydrogens is 330 g/mol. The Labute approximate surface area is 156 Å². The van der Waals surface area contributed by atoms with Crippen molar-refractivity contribution in [3.8, 4) is 0 Å². The van der Waals surface area contributed by atoms with E-state index in [-0.39, 0.29) is 12.0 Å². The van der Waals surface area contributed by atoms with Crippen LogP contribution in [0.25, 0.3) is 0 Å². The zero-order chi connectivity index (χ0) is 17.9. The van der Waals surface area contributed by atoms with Crippen LogP contribution < -0.4 is 0 Å². The van der Waals surface area contributed by atoms with Gasteiger partial charge in [-0.1, -0.05) is 73.0 Å². The molecule has 0 spiro atoms. The van der Waals surface area contributed by atoms with Gasteiger partial charge in [0.1, 0.15) is 0 Å².